The third kappa shape index (κ3) is 3.34. The summed E-state index contributed by atoms with van der Waals surface area (Å²) >= 11 is 0. The van der Waals surface area contributed by atoms with Crippen LogP contribution in [0.15, 0.2) is 37.0 Å². The molecule has 0 bridgehead atoms. The van der Waals surface area contributed by atoms with Crippen molar-refractivity contribution in [1.29, 1.82) is 0 Å². The molecule has 1 rings (SSSR count). The van der Waals surface area contributed by atoms with Gasteiger partial charge in [0.2, 0.25) is 0 Å². The molecule has 0 spiro atoms. The first-order chi connectivity index (χ1) is 7.92. The van der Waals surface area contributed by atoms with E-state index in [0.717, 1.165) is 5.92 Å². The van der Waals surface area contributed by atoms with Crippen molar-refractivity contribution < 1.29 is 0 Å². The molecule has 0 nitrogen and oxygen atoms in total. The van der Waals surface area contributed by atoms with E-state index in [-0.39, 0.29) is 0 Å². The zero-order valence-corrected chi connectivity index (χ0v) is 12.0. The van der Waals surface area contributed by atoms with Crippen molar-refractivity contribution >= 4 is 0 Å². The van der Waals surface area contributed by atoms with Gasteiger partial charge in [-0.1, -0.05) is 52.5 Å². The average molecular weight is 232 g/mol. The molecule has 0 aromatic carbocycles. The molecule has 96 valence electrons. The first kappa shape index (κ1) is 14.3. The third-order valence-corrected chi connectivity index (χ3v) is 4.59. The van der Waals surface area contributed by atoms with Crippen LogP contribution in [-0.4, -0.2) is 0 Å². The number of hydrogen-bond acceptors (Lipinski definition) is 0. The van der Waals surface area contributed by atoms with Crippen LogP contribution >= 0.6 is 0 Å². The van der Waals surface area contributed by atoms with Gasteiger partial charge in [-0.2, -0.15) is 0 Å². The number of hydrogen-bond donors (Lipinski definition) is 0. The Labute approximate surface area is 108 Å². The summed E-state index contributed by atoms with van der Waals surface area (Å²) < 4.78 is 0. The predicted octanol–water partition coefficient (Wildman–Crippen LogP) is 5.38. The Morgan fingerprint density at radius 2 is 2.12 bits per heavy atom. The van der Waals surface area contributed by atoms with Gasteiger partial charge in [-0.05, 0) is 48.0 Å². The third-order valence-electron chi connectivity index (χ3n) is 4.59. The van der Waals surface area contributed by atoms with Gasteiger partial charge < -0.3 is 0 Å². The second-order valence-corrected chi connectivity index (χ2v) is 6.16. The van der Waals surface area contributed by atoms with Gasteiger partial charge in [-0.3, -0.25) is 0 Å². The minimum atomic E-state index is 0.387. The smallest absolute Gasteiger partial charge is 0.00191 e. The van der Waals surface area contributed by atoms with Crippen molar-refractivity contribution in [3.63, 3.8) is 0 Å². The van der Waals surface area contributed by atoms with Crippen molar-refractivity contribution in [2.75, 3.05) is 0 Å². The lowest BCUT2D eigenvalue weighted by molar-refractivity contribution is 0.0352. The highest BCUT2D eigenvalue weighted by atomic mass is 14.5. The molecule has 0 aromatic heterocycles. The fourth-order valence-electron chi connectivity index (χ4n) is 2.79. The molecule has 1 aliphatic carbocycles. The van der Waals surface area contributed by atoms with E-state index in [0.29, 0.717) is 17.3 Å². The van der Waals surface area contributed by atoms with Gasteiger partial charge in [0, 0.05) is 0 Å². The molecular formula is C17H28. The molecule has 1 aliphatic rings. The second kappa shape index (κ2) is 5.71. The van der Waals surface area contributed by atoms with E-state index in [1.807, 2.05) is 6.08 Å². The van der Waals surface area contributed by atoms with Crippen LogP contribution in [0.4, 0.5) is 0 Å². The van der Waals surface area contributed by atoms with Crippen molar-refractivity contribution in [2.45, 2.75) is 47.0 Å². The maximum Gasteiger partial charge on any atom is -0.00191 e. The summed E-state index contributed by atoms with van der Waals surface area (Å²) in [4.78, 5) is 0. The van der Waals surface area contributed by atoms with Crippen LogP contribution in [-0.2, 0) is 0 Å². The predicted molar refractivity (Wildman–Crippen MR) is 77.9 cm³/mol. The van der Waals surface area contributed by atoms with Crippen LogP contribution in [0.2, 0.25) is 0 Å². The van der Waals surface area contributed by atoms with Crippen molar-refractivity contribution in [3.8, 4) is 0 Å². The lowest BCUT2D eigenvalue weighted by atomic mass is 9.57. The highest BCUT2D eigenvalue weighted by Crippen LogP contribution is 2.51. The van der Waals surface area contributed by atoms with Gasteiger partial charge in [0.1, 0.15) is 0 Å². The van der Waals surface area contributed by atoms with E-state index in [1.54, 1.807) is 0 Å². The van der Waals surface area contributed by atoms with E-state index >= 15 is 0 Å². The molecule has 3 atom stereocenters. The molecule has 0 radical (unpaired) electrons. The number of rotatable bonds is 6. The van der Waals surface area contributed by atoms with Crippen molar-refractivity contribution in [3.05, 3.63) is 37.0 Å². The molecule has 0 amide bonds. The Balaban J connectivity index is 2.61. The summed E-state index contributed by atoms with van der Waals surface area (Å²) in [5, 5.41) is 0. The number of allylic oxidation sites excluding steroid dienone is 4. The molecule has 0 N–H and O–H groups in total. The lowest BCUT2D eigenvalue weighted by Gasteiger charge is -2.48. The standard InChI is InChI=1S/C17H28/c1-7-13(3)14(4)9-10-15(8-2)16-11-12-17(16,5)6/h7,9-10,13,15-16H,1,4,8,11-12H2,2-3,5-6H3. The van der Waals surface area contributed by atoms with E-state index < -0.39 is 0 Å². The molecule has 17 heavy (non-hydrogen) atoms. The van der Waals surface area contributed by atoms with Crippen LogP contribution < -0.4 is 0 Å². The van der Waals surface area contributed by atoms with Crippen LogP contribution in [0, 0.1) is 23.2 Å². The van der Waals surface area contributed by atoms with Gasteiger partial charge in [0.25, 0.3) is 0 Å². The maximum atomic E-state index is 4.11. The van der Waals surface area contributed by atoms with Crippen LogP contribution in [0.3, 0.4) is 0 Å². The Morgan fingerprint density at radius 1 is 1.47 bits per heavy atom. The summed E-state index contributed by atoms with van der Waals surface area (Å²) in [5.74, 6) is 1.96. The minimum Gasteiger partial charge on any atom is -0.102 e. The Bertz CT molecular complexity index is 306. The quantitative estimate of drug-likeness (QED) is 0.426. The zero-order valence-electron chi connectivity index (χ0n) is 12.0. The van der Waals surface area contributed by atoms with E-state index in [2.05, 4.69) is 53.0 Å². The monoisotopic (exact) mass is 232 g/mol. The summed E-state index contributed by atoms with van der Waals surface area (Å²) in [7, 11) is 0. The van der Waals surface area contributed by atoms with Gasteiger partial charge in [-0.25, -0.2) is 0 Å². The molecule has 0 aromatic rings. The van der Waals surface area contributed by atoms with E-state index in [1.165, 1.54) is 24.8 Å². The Hall–Kier alpha value is -0.780. The van der Waals surface area contributed by atoms with E-state index in [9.17, 15) is 0 Å². The van der Waals surface area contributed by atoms with Crippen molar-refractivity contribution in [1.82, 2.24) is 0 Å². The molecular weight excluding hydrogens is 204 g/mol. The Kier molecular flexibility index (Phi) is 4.80. The molecule has 3 unspecified atom stereocenters. The van der Waals surface area contributed by atoms with E-state index in [4.69, 9.17) is 0 Å². The first-order valence-corrected chi connectivity index (χ1v) is 6.92. The first-order valence-electron chi connectivity index (χ1n) is 6.92. The lowest BCUT2D eigenvalue weighted by Crippen LogP contribution is -2.39. The van der Waals surface area contributed by atoms with Gasteiger partial charge >= 0.3 is 0 Å². The van der Waals surface area contributed by atoms with Gasteiger partial charge in [0.15, 0.2) is 0 Å². The Morgan fingerprint density at radius 3 is 2.47 bits per heavy atom. The normalized spacial score (nSPS) is 26.2. The maximum absolute atomic E-state index is 4.11. The highest BCUT2D eigenvalue weighted by Gasteiger charge is 2.41. The fourth-order valence-corrected chi connectivity index (χ4v) is 2.79. The molecule has 0 aliphatic heterocycles. The summed E-state index contributed by atoms with van der Waals surface area (Å²) in [6.45, 7) is 17.2. The van der Waals surface area contributed by atoms with Crippen LogP contribution in [0.1, 0.15) is 47.0 Å². The summed E-state index contributed by atoms with van der Waals surface area (Å²) in [5.41, 5.74) is 1.71. The SMILES string of the molecule is C=CC(C)C(=C)C=CC(CC)C1CCC1(C)C. The molecule has 1 fully saturated rings. The summed E-state index contributed by atoms with van der Waals surface area (Å²) in [6.07, 6.45) is 10.6. The van der Waals surface area contributed by atoms with Gasteiger partial charge in [-0.15, -0.1) is 6.58 Å². The van der Waals surface area contributed by atoms with Gasteiger partial charge in [0.05, 0.1) is 0 Å². The largest absolute Gasteiger partial charge is 0.102 e. The second-order valence-electron chi connectivity index (χ2n) is 6.16. The van der Waals surface area contributed by atoms with Crippen molar-refractivity contribution in [2.24, 2.45) is 23.2 Å². The molecule has 0 heteroatoms. The minimum absolute atomic E-state index is 0.387. The topological polar surface area (TPSA) is 0 Å². The molecule has 0 heterocycles. The summed E-state index contributed by atoms with van der Waals surface area (Å²) in [6, 6.07) is 0. The highest BCUT2D eigenvalue weighted by molar-refractivity contribution is 5.21. The molecule has 1 saturated carbocycles. The molecule has 0 saturated heterocycles. The average Bonchev–Trinajstić information content (AvgIpc) is 2.31. The van der Waals surface area contributed by atoms with Crippen LogP contribution in [0.25, 0.3) is 0 Å². The fraction of sp³-hybridized carbons (Fsp3) is 0.647. The zero-order chi connectivity index (χ0) is 13.1. The van der Waals surface area contributed by atoms with Crippen LogP contribution in [0.5, 0.6) is 0 Å².